The molecule has 19 heavy (non-hydrogen) atoms. The van der Waals surface area contributed by atoms with Crippen LogP contribution in [-0.4, -0.2) is 29.1 Å². The van der Waals surface area contributed by atoms with Crippen molar-refractivity contribution >= 4 is 17.3 Å². The van der Waals surface area contributed by atoms with Crippen LogP contribution in [0.3, 0.4) is 0 Å². The van der Waals surface area contributed by atoms with Gasteiger partial charge in [-0.15, -0.1) is 6.58 Å². The second-order valence-electron chi connectivity index (χ2n) is 4.00. The number of nitrogens with zero attached hydrogens (tertiary/aromatic N) is 2. The van der Waals surface area contributed by atoms with Crippen LogP contribution in [0.4, 0.5) is 11.4 Å². The molecule has 0 unspecified atom stereocenters. The fourth-order valence-corrected chi connectivity index (χ4v) is 1.80. The van der Waals surface area contributed by atoms with Gasteiger partial charge in [0.15, 0.2) is 0 Å². The molecule has 6 heteroatoms. The second kappa shape index (κ2) is 6.53. The molecule has 1 aromatic rings. The largest absolute Gasteiger partial charge is 0.478 e. The molecule has 0 amide bonds. The van der Waals surface area contributed by atoms with E-state index in [1.807, 2.05) is 6.92 Å². The number of benzene rings is 1. The van der Waals surface area contributed by atoms with E-state index >= 15 is 0 Å². The summed E-state index contributed by atoms with van der Waals surface area (Å²) in [4.78, 5) is 23.2. The summed E-state index contributed by atoms with van der Waals surface area (Å²) in [6.45, 7) is 6.58. The van der Waals surface area contributed by atoms with Crippen LogP contribution in [0.5, 0.6) is 0 Å². The van der Waals surface area contributed by atoms with Crippen molar-refractivity contribution in [3.8, 4) is 0 Å². The van der Waals surface area contributed by atoms with Gasteiger partial charge in [0.1, 0.15) is 5.69 Å². The van der Waals surface area contributed by atoms with Crippen LogP contribution in [0.25, 0.3) is 0 Å². The first-order chi connectivity index (χ1) is 9.01. The summed E-state index contributed by atoms with van der Waals surface area (Å²) in [6, 6.07) is 3.80. The molecule has 6 nitrogen and oxygen atoms in total. The van der Waals surface area contributed by atoms with Gasteiger partial charge in [-0.05, 0) is 18.6 Å². The van der Waals surface area contributed by atoms with Gasteiger partial charge in [0, 0.05) is 19.2 Å². The Kier molecular flexibility index (Phi) is 5.05. The highest BCUT2D eigenvalue weighted by Crippen LogP contribution is 2.29. The van der Waals surface area contributed by atoms with Gasteiger partial charge in [-0.25, -0.2) is 4.79 Å². The van der Waals surface area contributed by atoms with Crippen molar-refractivity contribution in [3.63, 3.8) is 0 Å². The Hall–Kier alpha value is -2.37. The third-order valence-electron chi connectivity index (χ3n) is 2.60. The lowest BCUT2D eigenvalue weighted by Crippen LogP contribution is -2.25. The van der Waals surface area contributed by atoms with Crippen LogP contribution in [0, 0.1) is 10.1 Å². The molecule has 0 fully saturated rings. The van der Waals surface area contributed by atoms with Crippen LogP contribution >= 0.6 is 0 Å². The van der Waals surface area contributed by atoms with Gasteiger partial charge in [0.25, 0.3) is 5.69 Å². The average Bonchev–Trinajstić information content (AvgIpc) is 2.37. The number of rotatable bonds is 7. The standard InChI is InChI=1S/C13H16N2O4/c1-3-7-14(8-4-2)12-9-10(13(16)17)5-6-11(12)15(18)19/h3,5-6,9H,1,4,7-8H2,2H3,(H,16,17). The zero-order chi connectivity index (χ0) is 14.4. The van der Waals surface area contributed by atoms with Crippen molar-refractivity contribution in [1.29, 1.82) is 0 Å². The highest BCUT2D eigenvalue weighted by atomic mass is 16.6. The molecular weight excluding hydrogens is 248 g/mol. The van der Waals surface area contributed by atoms with E-state index in [4.69, 9.17) is 5.11 Å². The van der Waals surface area contributed by atoms with Crippen molar-refractivity contribution in [2.45, 2.75) is 13.3 Å². The van der Waals surface area contributed by atoms with Gasteiger partial charge in [-0.2, -0.15) is 0 Å². The van der Waals surface area contributed by atoms with E-state index in [-0.39, 0.29) is 11.3 Å². The minimum Gasteiger partial charge on any atom is -0.478 e. The number of carboxylic acid groups (broad SMARTS) is 1. The highest BCUT2D eigenvalue weighted by Gasteiger charge is 2.20. The van der Waals surface area contributed by atoms with Gasteiger partial charge in [0.2, 0.25) is 0 Å². The molecule has 0 radical (unpaired) electrons. The molecule has 0 saturated carbocycles. The number of carbonyl (C=O) groups is 1. The maximum absolute atomic E-state index is 11.0. The maximum Gasteiger partial charge on any atom is 0.335 e. The topological polar surface area (TPSA) is 83.7 Å². The lowest BCUT2D eigenvalue weighted by atomic mass is 10.1. The number of nitro groups is 1. The molecule has 0 spiro atoms. The van der Waals surface area contributed by atoms with Crippen molar-refractivity contribution < 1.29 is 14.8 Å². The van der Waals surface area contributed by atoms with Gasteiger partial charge in [-0.3, -0.25) is 10.1 Å². The number of aromatic carboxylic acids is 1. The van der Waals surface area contributed by atoms with E-state index in [2.05, 4.69) is 6.58 Å². The number of hydrogen-bond acceptors (Lipinski definition) is 4. The van der Waals surface area contributed by atoms with E-state index in [9.17, 15) is 14.9 Å². The second-order valence-corrected chi connectivity index (χ2v) is 4.00. The smallest absolute Gasteiger partial charge is 0.335 e. The Bertz CT molecular complexity index is 499. The first kappa shape index (κ1) is 14.7. The molecule has 102 valence electrons. The van der Waals surface area contributed by atoms with Crippen LogP contribution in [0.1, 0.15) is 23.7 Å². The third kappa shape index (κ3) is 3.54. The summed E-state index contributed by atoms with van der Waals surface area (Å²) < 4.78 is 0. The van der Waals surface area contributed by atoms with Crippen molar-refractivity contribution in [2.24, 2.45) is 0 Å². The summed E-state index contributed by atoms with van der Waals surface area (Å²) in [5, 5.41) is 20.0. The first-order valence-corrected chi connectivity index (χ1v) is 5.88. The fourth-order valence-electron chi connectivity index (χ4n) is 1.80. The van der Waals surface area contributed by atoms with Gasteiger partial charge in [-0.1, -0.05) is 13.0 Å². The van der Waals surface area contributed by atoms with E-state index < -0.39 is 10.9 Å². The minimum atomic E-state index is -1.11. The summed E-state index contributed by atoms with van der Waals surface area (Å²) in [7, 11) is 0. The fraction of sp³-hybridized carbons (Fsp3) is 0.308. The Morgan fingerprint density at radius 2 is 2.26 bits per heavy atom. The SMILES string of the molecule is C=CCN(CCC)c1cc(C(=O)O)ccc1[N+](=O)[O-]. The van der Waals surface area contributed by atoms with Crippen LogP contribution in [0.15, 0.2) is 30.9 Å². The number of anilines is 1. The van der Waals surface area contributed by atoms with E-state index in [0.717, 1.165) is 6.42 Å². The lowest BCUT2D eigenvalue weighted by Gasteiger charge is -2.22. The summed E-state index contributed by atoms with van der Waals surface area (Å²) in [5.41, 5.74) is 0.248. The zero-order valence-electron chi connectivity index (χ0n) is 10.7. The number of carboxylic acids is 1. The molecule has 0 atom stereocenters. The van der Waals surface area contributed by atoms with Crippen molar-refractivity contribution in [3.05, 3.63) is 46.5 Å². The predicted molar refractivity (Wildman–Crippen MR) is 72.8 cm³/mol. The number of nitro benzene ring substituents is 1. The molecule has 1 N–H and O–H groups in total. The molecule has 0 aromatic heterocycles. The van der Waals surface area contributed by atoms with Gasteiger partial charge in [0.05, 0.1) is 10.5 Å². The Morgan fingerprint density at radius 1 is 1.58 bits per heavy atom. The first-order valence-electron chi connectivity index (χ1n) is 5.88. The van der Waals surface area contributed by atoms with E-state index in [1.165, 1.54) is 18.2 Å². The van der Waals surface area contributed by atoms with Crippen LogP contribution in [-0.2, 0) is 0 Å². The predicted octanol–water partition coefficient (Wildman–Crippen LogP) is 2.70. The quantitative estimate of drug-likeness (QED) is 0.465. The highest BCUT2D eigenvalue weighted by molar-refractivity contribution is 5.90. The average molecular weight is 264 g/mol. The van der Waals surface area contributed by atoms with E-state index in [0.29, 0.717) is 18.8 Å². The normalized spacial score (nSPS) is 9.95. The zero-order valence-corrected chi connectivity index (χ0v) is 10.7. The molecule has 1 aromatic carbocycles. The maximum atomic E-state index is 11.0. The van der Waals surface area contributed by atoms with Crippen LogP contribution < -0.4 is 4.90 Å². The molecule has 0 saturated heterocycles. The molecule has 0 heterocycles. The summed E-state index contributed by atoms with van der Waals surface area (Å²) in [6.07, 6.45) is 2.43. The van der Waals surface area contributed by atoms with Gasteiger partial charge >= 0.3 is 5.97 Å². The molecule has 1 rings (SSSR count). The lowest BCUT2D eigenvalue weighted by molar-refractivity contribution is -0.384. The molecule has 0 aliphatic rings. The monoisotopic (exact) mass is 264 g/mol. The van der Waals surface area contributed by atoms with Crippen molar-refractivity contribution in [1.82, 2.24) is 0 Å². The van der Waals surface area contributed by atoms with Gasteiger partial charge < -0.3 is 10.0 Å². The molecule has 0 aliphatic heterocycles. The third-order valence-corrected chi connectivity index (χ3v) is 2.60. The Balaban J connectivity index is 3.32. The molecule has 0 aliphatic carbocycles. The number of hydrogen-bond donors (Lipinski definition) is 1. The Morgan fingerprint density at radius 3 is 2.74 bits per heavy atom. The molecular formula is C13H16N2O4. The summed E-state index contributed by atoms with van der Waals surface area (Å²) >= 11 is 0. The summed E-state index contributed by atoms with van der Waals surface area (Å²) in [5.74, 6) is -1.11. The van der Waals surface area contributed by atoms with E-state index in [1.54, 1.807) is 11.0 Å². The van der Waals surface area contributed by atoms with Crippen molar-refractivity contribution in [2.75, 3.05) is 18.0 Å². The Labute approximate surface area is 111 Å². The molecule has 0 bridgehead atoms. The minimum absolute atomic E-state index is 0.0331. The van der Waals surface area contributed by atoms with Crippen LogP contribution in [0.2, 0.25) is 0 Å².